The molecule has 2 fully saturated rings. The van der Waals surface area contributed by atoms with Crippen molar-refractivity contribution >= 4 is 11.6 Å². The van der Waals surface area contributed by atoms with Crippen LogP contribution in [0.4, 0.5) is 0 Å². The maximum absolute atomic E-state index is 5.93. The zero-order valence-electron chi connectivity index (χ0n) is 10.9. The molecule has 2 aliphatic rings. The summed E-state index contributed by atoms with van der Waals surface area (Å²) in [6, 6.07) is 6.65. The third-order valence-corrected chi connectivity index (χ3v) is 4.53. The molecule has 98 valence electrons. The Morgan fingerprint density at radius 3 is 2.94 bits per heavy atom. The number of likely N-dealkylation sites (tertiary alicyclic amines) is 1. The summed E-state index contributed by atoms with van der Waals surface area (Å²) in [6.45, 7) is 5.17. The van der Waals surface area contributed by atoms with E-state index >= 15 is 0 Å². The fourth-order valence-electron chi connectivity index (χ4n) is 3.35. The molecular weight excluding hydrogens is 246 g/mol. The molecule has 0 radical (unpaired) electrons. The summed E-state index contributed by atoms with van der Waals surface area (Å²) in [4.78, 5) is 2.60. The van der Waals surface area contributed by atoms with Crippen LogP contribution in [0.15, 0.2) is 18.2 Å². The monoisotopic (exact) mass is 265 g/mol. The van der Waals surface area contributed by atoms with Gasteiger partial charge < -0.3 is 4.74 Å². The van der Waals surface area contributed by atoms with Crippen molar-refractivity contribution in [1.82, 2.24) is 4.90 Å². The van der Waals surface area contributed by atoms with Gasteiger partial charge in [-0.25, -0.2) is 0 Å². The summed E-state index contributed by atoms with van der Waals surface area (Å²) in [6.07, 6.45) is 4.25. The summed E-state index contributed by atoms with van der Waals surface area (Å²) in [5.74, 6) is 1.93. The van der Waals surface area contributed by atoms with Crippen molar-refractivity contribution in [2.24, 2.45) is 5.92 Å². The quantitative estimate of drug-likeness (QED) is 0.826. The summed E-state index contributed by atoms with van der Waals surface area (Å²) >= 11 is 5.93. The zero-order valence-corrected chi connectivity index (χ0v) is 11.6. The minimum Gasteiger partial charge on any atom is -0.492 e. The van der Waals surface area contributed by atoms with Gasteiger partial charge in [-0.05, 0) is 55.9 Å². The maximum Gasteiger partial charge on any atom is 0.122 e. The lowest BCUT2D eigenvalue weighted by molar-refractivity contribution is 0.172. The van der Waals surface area contributed by atoms with Crippen LogP contribution < -0.4 is 4.74 Å². The molecule has 2 atom stereocenters. The van der Waals surface area contributed by atoms with Crippen molar-refractivity contribution in [2.75, 3.05) is 19.7 Å². The van der Waals surface area contributed by atoms with Crippen molar-refractivity contribution < 1.29 is 4.74 Å². The predicted molar refractivity (Wildman–Crippen MR) is 74.4 cm³/mol. The molecule has 3 rings (SSSR count). The number of nitrogens with zero attached hydrogens (tertiary/aromatic N) is 1. The first kappa shape index (κ1) is 12.3. The van der Waals surface area contributed by atoms with E-state index in [1.165, 1.54) is 25.8 Å². The molecule has 0 unspecified atom stereocenters. The van der Waals surface area contributed by atoms with Crippen LogP contribution >= 0.6 is 11.6 Å². The highest BCUT2D eigenvalue weighted by molar-refractivity contribution is 6.30. The zero-order chi connectivity index (χ0) is 12.5. The highest BCUT2D eigenvalue weighted by Gasteiger charge is 2.37. The standard InChI is InChI=1S/C15H20ClNO/c1-11-8-13(16)3-5-15(11)18-7-6-17-10-12-2-4-14(17)9-12/h3,5,8,12,14H,2,4,6-7,9-10H2,1H3/t12-,14-/m0/s1. The Hall–Kier alpha value is -0.730. The van der Waals surface area contributed by atoms with Crippen LogP contribution in [-0.4, -0.2) is 30.6 Å². The van der Waals surface area contributed by atoms with Crippen LogP contribution in [0.3, 0.4) is 0 Å². The van der Waals surface area contributed by atoms with Crippen LogP contribution in [0.25, 0.3) is 0 Å². The fourth-order valence-corrected chi connectivity index (χ4v) is 3.57. The van der Waals surface area contributed by atoms with Crippen molar-refractivity contribution in [3.05, 3.63) is 28.8 Å². The van der Waals surface area contributed by atoms with E-state index in [2.05, 4.69) is 4.90 Å². The number of rotatable bonds is 4. The summed E-state index contributed by atoms with van der Waals surface area (Å²) < 4.78 is 5.86. The second-order valence-electron chi connectivity index (χ2n) is 5.59. The number of aryl methyl sites for hydroxylation is 1. The van der Waals surface area contributed by atoms with Gasteiger partial charge in [-0.2, -0.15) is 0 Å². The van der Waals surface area contributed by atoms with Crippen LogP contribution in [0, 0.1) is 12.8 Å². The Balaban J connectivity index is 1.50. The van der Waals surface area contributed by atoms with E-state index in [9.17, 15) is 0 Å². The van der Waals surface area contributed by atoms with Gasteiger partial charge in [0, 0.05) is 24.2 Å². The summed E-state index contributed by atoms with van der Waals surface area (Å²) in [5, 5.41) is 0.775. The molecule has 2 nitrogen and oxygen atoms in total. The smallest absolute Gasteiger partial charge is 0.122 e. The van der Waals surface area contributed by atoms with Gasteiger partial charge >= 0.3 is 0 Å². The van der Waals surface area contributed by atoms with E-state index in [0.717, 1.165) is 41.4 Å². The Labute approximate surface area is 114 Å². The van der Waals surface area contributed by atoms with E-state index in [-0.39, 0.29) is 0 Å². The first-order valence-corrected chi connectivity index (χ1v) is 7.23. The molecule has 1 saturated heterocycles. The lowest BCUT2D eigenvalue weighted by Crippen LogP contribution is -2.35. The molecule has 18 heavy (non-hydrogen) atoms. The molecule has 1 aliphatic carbocycles. The minimum atomic E-state index is 0.775. The van der Waals surface area contributed by atoms with Crippen molar-refractivity contribution in [3.63, 3.8) is 0 Å². The molecule has 0 amide bonds. The summed E-state index contributed by atoms with van der Waals surface area (Å²) in [7, 11) is 0. The molecular formula is C15H20ClNO. The van der Waals surface area contributed by atoms with Crippen LogP contribution in [0.5, 0.6) is 5.75 Å². The second-order valence-corrected chi connectivity index (χ2v) is 6.02. The number of halogens is 1. The molecule has 0 N–H and O–H groups in total. The molecule has 1 aromatic carbocycles. The van der Waals surface area contributed by atoms with Gasteiger partial charge in [0.25, 0.3) is 0 Å². The van der Waals surface area contributed by atoms with E-state index in [1.54, 1.807) is 0 Å². The normalized spacial score (nSPS) is 26.8. The van der Waals surface area contributed by atoms with Crippen LogP contribution in [-0.2, 0) is 0 Å². The number of fused-ring (bicyclic) bond motifs is 2. The highest BCUT2D eigenvalue weighted by atomic mass is 35.5. The van der Waals surface area contributed by atoms with Gasteiger partial charge in [-0.15, -0.1) is 0 Å². The number of hydrogen-bond donors (Lipinski definition) is 0. The number of hydrogen-bond acceptors (Lipinski definition) is 2. The lowest BCUT2D eigenvalue weighted by Gasteiger charge is -2.26. The molecule has 2 bridgehead atoms. The van der Waals surface area contributed by atoms with Crippen LogP contribution in [0.2, 0.25) is 5.02 Å². The van der Waals surface area contributed by atoms with Gasteiger partial charge in [0.1, 0.15) is 12.4 Å². The highest BCUT2D eigenvalue weighted by Crippen LogP contribution is 2.36. The minimum absolute atomic E-state index is 0.775. The van der Waals surface area contributed by atoms with Gasteiger partial charge in [0.2, 0.25) is 0 Å². The van der Waals surface area contributed by atoms with Gasteiger partial charge in [0.15, 0.2) is 0 Å². The number of benzene rings is 1. The average Bonchev–Trinajstić information content (AvgIpc) is 2.94. The number of ether oxygens (including phenoxy) is 1. The first-order chi connectivity index (χ1) is 8.72. The lowest BCUT2D eigenvalue weighted by atomic mass is 10.1. The molecule has 1 heterocycles. The topological polar surface area (TPSA) is 12.5 Å². The second kappa shape index (κ2) is 5.10. The third kappa shape index (κ3) is 2.50. The average molecular weight is 266 g/mol. The maximum atomic E-state index is 5.93. The van der Waals surface area contributed by atoms with E-state index in [0.29, 0.717) is 0 Å². The van der Waals surface area contributed by atoms with Crippen molar-refractivity contribution in [3.8, 4) is 5.75 Å². The van der Waals surface area contributed by atoms with E-state index in [4.69, 9.17) is 16.3 Å². The molecule has 0 spiro atoms. The Kier molecular flexibility index (Phi) is 3.49. The first-order valence-electron chi connectivity index (χ1n) is 6.85. The Morgan fingerprint density at radius 2 is 2.28 bits per heavy atom. The molecule has 1 saturated carbocycles. The molecule has 0 aromatic heterocycles. The van der Waals surface area contributed by atoms with Gasteiger partial charge in [-0.1, -0.05) is 11.6 Å². The Bertz CT molecular complexity index is 435. The molecule has 1 aliphatic heterocycles. The summed E-state index contributed by atoms with van der Waals surface area (Å²) in [5.41, 5.74) is 1.12. The molecule has 1 aromatic rings. The van der Waals surface area contributed by atoms with E-state index < -0.39 is 0 Å². The number of piperidine rings is 1. The van der Waals surface area contributed by atoms with Crippen molar-refractivity contribution in [2.45, 2.75) is 32.2 Å². The van der Waals surface area contributed by atoms with E-state index in [1.807, 2.05) is 25.1 Å². The predicted octanol–water partition coefficient (Wildman–Crippen LogP) is 3.51. The fraction of sp³-hybridized carbons (Fsp3) is 0.600. The SMILES string of the molecule is Cc1cc(Cl)ccc1OCCN1C[C@H]2CC[C@H]1C2. The van der Waals surface area contributed by atoms with Gasteiger partial charge in [0.05, 0.1) is 0 Å². The van der Waals surface area contributed by atoms with Gasteiger partial charge in [-0.3, -0.25) is 4.90 Å². The molecule has 3 heteroatoms. The van der Waals surface area contributed by atoms with Crippen molar-refractivity contribution in [1.29, 1.82) is 0 Å². The Morgan fingerprint density at radius 1 is 1.39 bits per heavy atom. The van der Waals surface area contributed by atoms with Crippen LogP contribution in [0.1, 0.15) is 24.8 Å². The largest absolute Gasteiger partial charge is 0.492 e. The third-order valence-electron chi connectivity index (χ3n) is 4.30.